The van der Waals surface area contributed by atoms with Gasteiger partial charge in [0.05, 0.1) is 13.2 Å². The molecule has 0 aromatic carbocycles. The average Bonchev–Trinajstić information content (AvgIpc) is 2.59. The number of allylic oxidation sites excluding steroid dienone is 1. The third-order valence-corrected chi connectivity index (χ3v) is 4.92. The first kappa shape index (κ1) is 20.2. The van der Waals surface area contributed by atoms with Gasteiger partial charge < -0.3 is 24.2 Å². The quantitative estimate of drug-likeness (QED) is 0.791. The Labute approximate surface area is 151 Å². The molecule has 0 bridgehead atoms. The maximum absolute atomic E-state index is 12.9. The molecule has 1 saturated heterocycles. The minimum atomic E-state index is -0.453. The highest BCUT2D eigenvalue weighted by molar-refractivity contribution is 5.91. The van der Waals surface area contributed by atoms with Gasteiger partial charge in [0.2, 0.25) is 6.29 Å². The zero-order valence-corrected chi connectivity index (χ0v) is 16.0. The van der Waals surface area contributed by atoms with E-state index in [2.05, 4.69) is 20.8 Å². The maximum atomic E-state index is 12.9. The largest absolute Gasteiger partial charge is 0.459 e. The smallest absolute Gasteiger partial charge is 0.288 e. The van der Waals surface area contributed by atoms with E-state index in [9.17, 15) is 9.90 Å². The van der Waals surface area contributed by atoms with E-state index < -0.39 is 6.29 Å². The standard InChI is InChI=1S/C19H33NO5/c1-5-24-18-14(7-6-10-21)15(19(2,3)4)13-16(25-18)17(22)20-8-11-23-12-9-20/h13-15,18,21H,5-12H2,1-4H3/t14-,15-,18+/m0/s1. The molecule has 6 nitrogen and oxygen atoms in total. The number of aliphatic hydroxyl groups is 1. The first-order chi connectivity index (χ1) is 11.9. The Hall–Kier alpha value is -1.11. The molecule has 1 amide bonds. The van der Waals surface area contributed by atoms with Gasteiger partial charge in [-0.2, -0.15) is 0 Å². The molecule has 25 heavy (non-hydrogen) atoms. The van der Waals surface area contributed by atoms with Crippen molar-refractivity contribution in [2.24, 2.45) is 17.3 Å². The lowest BCUT2D eigenvalue weighted by Crippen LogP contribution is -2.46. The van der Waals surface area contributed by atoms with Crippen LogP contribution in [0.2, 0.25) is 0 Å². The van der Waals surface area contributed by atoms with Crippen LogP contribution < -0.4 is 0 Å². The molecule has 6 heteroatoms. The number of amides is 1. The first-order valence-corrected chi connectivity index (χ1v) is 9.36. The Morgan fingerprint density at radius 2 is 2.04 bits per heavy atom. The molecule has 0 radical (unpaired) electrons. The summed E-state index contributed by atoms with van der Waals surface area (Å²) in [4.78, 5) is 14.7. The normalized spacial score (nSPS) is 27.6. The molecule has 1 fully saturated rings. The Balaban J connectivity index is 2.26. The van der Waals surface area contributed by atoms with Gasteiger partial charge in [0.25, 0.3) is 5.91 Å². The molecule has 0 aromatic rings. The Morgan fingerprint density at radius 3 is 2.60 bits per heavy atom. The fourth-order valence-corrected chi connectivity index (χ4v) is 3.61. The van der Waals surface area contributed by atoms with Crippen molar-refractivity contribution in [2.45, 2.75) is 46.8 Å². The van der Waals surface area contributed by atoms with Crippen molar-refractivity contribution < 1.29 is 24.1 Å². The zero-order valence-electron chi connectivity index (χ0n) is 16.0. The number of hydrogen-bond acceptors (Lipinski definition) is 5. The fraction of sp³-hybridized carbons (Fsp3) is 0.842. The van der Waals surface area contributed by atoms with Crippen LogP contribution in [-0.2, 0) is 19.0 Å². The average molecular weight is 355 g/mol. The highest BCUT2D eigenvalue weighted by Gasteiger charge is 2.42. The van der Waals surface area contributed by atoms with E-state index in [1.165, 1.54) is 0 Å². The van der Waals surface area contributed by atoms with Crippen molar-refractivity contribution in [3.63, 3.8) is 0 Å². The molecular weight excluding hydrogens is 322 g/mol. The zero-order chi connectivity index (χ0) is 18.4. The van der Waals surface area contributed by atoms with Crippen LogP contribution in [0.4, 0.5) is 0 Å². The number of carbonyl (C=O) groups is 1. The van der Waals surface area contributed by atoms with Crippen LogP contribution in [-0.4, -0.2) is 61.7 Å². The molecular formula is C19H33NO5. The molecule has 2 heterocycles. The van der Waals surface area contributed by atoms with Gasteiger partial charge in [-0.3, -0.25) is 4.79 Å². The van der Waals surface area contributed by atoms with E-state index >= 15 is 0 Å². The monoisotopic (exact) mass is 355 g/mol. The summed E-state index contributed by atoms with van der Waals surface area (Å²) in [5.74, 6) is 0.570. The molecule has 2 aliphatic rings. The summed E-state index contributed by atoms with van der Waals surface area (Å²) in [6.45, 7) is 11.4. The minimum absolute atomic E-state index is 0.0320. The number of rotatable bonds is 6. The molecule has 3 atom stereocenters. The summed E-state index contributed by atoms with van der Waals surface area (Å²) >= 11 is 0. The van der Waals surface area contributed by atoms with Crippen molar-refractivity contribution >= 4 is 5.91 Å². The Morgan fingerprint density at radius 1 is 1.36 bits per heavy atom. The molecule has 2 aliphatic heterocycles. The number of ether oxygens (including phenoxy) is 3. The summed E-state index contributed by atoms with van der Waals surface area (Å²) in [5.41, 5.74) is -0.0320. The van der Waals surface area contributed by atoms with Gasteiger partial charge in [0, 0.05) is 32.2 Å². The van der Waals surface area contributed by atoms with Crippen molar-refractivity contribution in [2.75, 3.05) is 39.5 Å². The predicted molar refractivity (Wildman–Crippen MR) is 94.7 cm³/mol. The van der Waals surface area contributed by atoms with Crippen LogP contribution in [0.3, 0.4) is 0 Å². The summed E-state index contributed by atoms with van der Waals surface area (Å²) in [7, 11) is 0. The number of aliphatic hydroxyl groups excluding tert-OH is 1. The molecule has 2 rings (SSSR count). The topological polar surface area (TPSA) is 68.2 Å². The van der Waals surface area contributed by atoms with E-state index in [1.807, 2.05) is 13.0 Å². The van der Waals surface area contributed by atoms with Gasteiger partial charge in [0.1, 0.15) is 0 Å². The van der Waals surface area contributed by atoms with Gasteiger partial charge in [-0.25, -0.2) is 0 Å². The van der Waals surface area contributed by atoms with Crippen molar-refractivity contribution in [1.82, 2.24) is 4.90 Å². The lowest BCUT2D eigenvalue weighted by Gasteiger charge is -2.43. The molecule has 0 unspecified atom stereocenters. The van der Waals surface area contributed by atoms with Crippen LogP contribution >= 0.6 is 0 Å². The third-order valence-electron chi connectivity index (χ3n) is 4.92. The number of morpholine rings is 1. The molecule has 0 saturated carbocycles. The lowest BCUT2D eigenvalue weighted by atomic mass is 9.70. The van der Waals surface area contributed by atoms with Crippen LogP contribution in [0.25, 0.3) is 0 Å². The summed E-state index contributed by atoms with van der Waals surface area (Å²) < 4.78 is 17.2. The molecule has 144 valence electrons. The minimum Gasteiger partial charge on any atom is -0.459 e. The van der Waals surface area contributed by atoms with Gasteiger partial charge in [-0.15, -0.1) is 0 Å². The second kappa shape index (κ2) is 9.01. The van der Waals surface area contributed by atoms with E-state index in [1.54, 1.807) is 4.90 Å². The summed E-state index contributed by atoms with van der Waals surface area (Å²) in [6.07, 6.45) is 3.03. The second-order valence-electron chi connectivity index (χ2n) is 7.80. The second-order valence-corrected chi connectivity index (χ2v) is 7.80. The maximum Gasteiger partial charge on any atom is 0.288 e. The van der Waals surface area contributed by atoms with Crippen molar-refractivity contribution in [3.05, 3.63) is 11.8 Å². The van der Waals surface area contributed by atoms with Crippen LogP contribution in [0.1, 0.15) is 40.5 Å². The van der Waals surface area contributed by atoms with Gasteiger partial charge in [-0.1, -0.05) is 20.8 Å². The van der Waals surface area contributed by atoms with Crippen molar-refractivity contribution in [3.8, 4) is 0 Å². The summed E-state index contributed by atoms with van der Waals surface area (Å²) in [6, 6.07) is 0. The Bertz CT molecular complexity index is 465. The number of nitrogens with zero attached hydrogens (tertiary/aromatic N) is 1. The Kier molecular flexibility index (Phi) is 7.28. The van der Waals surface area contributed by atoms with Crippen LogP contribution in [0.15, 0.2) is 11.8 Å². The van der Waals surface area contributed by atoms with Gasteiger partial charge in [-0.05, 0) is 37.2 Å². The van der Waals surface area contributed by atoms with E-state index in [-0.39, 0.29) is 29.8 Å². The lowest BCUT2D eigenvalue weighted by molar-refractivity contribution is -0.183. The van der Waals surface area contributed by atoms with E-state index in [4.69, 9.17) is 14.2 Å². The molecule has 1 N–H and O–H groups in total. The van der Waals surface area contributed by atoms with Crippen LogP contribution in [0, 0.1) is 17.3 Å². The number of carbonyl (C=O) groups excluding carboxylic acids is 1. The van der Waals surface area contributed by atoms with E-state index in [0.29, 0.717) is 45.1 Å². The fourth-order valence-electron chi connectivity index (χ4n) is 3.61. The van der Waals surface area contributed by atoms with E-state index in [0.717, 1.165) is 6.42 Å². The van der Waals surface area contributed by atoms with Gasteiger partial charge >= 0.3 is 0 Å². The molecule has 0 aliphatic carbocycles. The SMILES string of the molecule is CCO[C@@H]1OC(C(=O)N2CCOCC2)=C[C@H](C(C)(C)C)[C@@H]1CCCO. The first-order valence-electron chi connectivity index (χ1n) is 9.36. The van der Waals surface area contributed by atoms with Crippen LogP contribution in [0.5, 0.6) is 0 Å². The highest BCUT2D eigenvalue weighted by atomic mass is 16.7. The molecule has 0 spiro atoms. The summed E-state index contributed by atoms with van der Waals surface area (Å²) in [5, 5.41) is 9.24. The number of hydrogen-bond donors (Lipinski definition) is 1. The van der Waals surface area contributed by atoms with Gasteiger partial charge in [0.15, 0.2) is 5.76 Å². The predicted octanol–water partition coefficient (Wildman–Crippen LogP) is 2.17. The highest BCUT2D eigenvalue weighted by Crippen LogP contribution is 2.42. The van der Waals surface area contributed by atoms with Crippen molar-refractivity contribution in [1.29, 1.82) is 0 Å². The molecule has 0 aromatic heterocycles. The third kappa shape index (κ3) is 5.19.